The molecule has 0 aromatic carbocycles. The molecule has 0 unspecified atom stereocenters. The molecule has 0 spiro atoms. The third kappa shape index (κ3) is 1.79. The molecule has 6 nitrogen and oxygen atoms in total. The molecule has 20 heavy (non-hydrogen) atoms. The third-order valence-corrected chi connectivity index (χ3v) is 4.31. The van der Waals surface area contributed by atoms with Crippen LogP contribution in [0.25, 0.3) is 0 Å². The van der Waals surface area contributed by atoms with Crippen LogP contribution in [0.5, 0.6) is 0 Å². The second kappa shape index (κ2) is 5.03. The predicted octanol–water partition coefficient (Wildman–Crippen LogP) is -1.25. The number of carbonyl (C=O) groups is 2. The number of amides is 2. The first kappa shape index (κ1) is 13.3. The van der Waals surface area contributed by atoms with E-state index in [1.165, 1.54) is 0 Å². The Labute approximate surface area is 117 Å². The fraction of sp³-hybridized carbons (Fsp3) is 0.571. The minimum absolute atomic E-state index is 0.0543. The van der Waals surface area contributed by atoms with Gasteiger partial charge in [0.15, 0.2) is 0 Å². The maximum Gasteiger partial charge on any atom is 0.232 e. The van der Waals surface area contributed by atoms with Crippen LogP contribution in [0, 0.1) is 11.8 Å². The number of aliphatic hydroxyl groups is 2. The Morgan fingerprint density at radius 2 is 1.20 bits per heavy atom. The molecule has 4 bridgehead atoms. The average molecular weight is 278 g/mol. The summed E-state index contributed by atoms with van der Waals surface area (Å²) in [5.41, 5.74) is 0. The van der Waals surface area contributed by atoms with Crippen molar-refractivity contribution in [2.75, 3.05) is 26.3 Å². The smallest absolute Gasteiger partial charge is 0.232 e. The summed E-state index contributed by atoms with van der Waals surface area (Å²) in [5.74, 6) is -0.959. The summed E-state index contributed by atoms with van der Waals surface area (Å²) in [6.07, 6.45) is 7.52. The SMILES string of the molecule is O=C1[C@@H]2C=C[C@H]([C@@H]3C=C[C@@H]2N(CCO)C3=O)N1CCO. The van der Waals surface area contributed by atoms with E-state index in [-0.39, 0.29) is 50.2 Å². The molecular weight excluding hydrogens is 260 g/mol. The lowest BCUT2D eigenvalue weighted by molar-refractivity contribution is -0.151. The van der Waals surface area contributed by atoms with E-state index in [1.807, 2.05) is 24.3 Å². The number of aliphatic hydroxyl groups excluding tert-OH is 2. The molecule has 1 fully saturated rings. The maximum absolute atomic E-state index is 12.5. The number of carbonyl (C=O) groups excluding carboxylic acids is 2. The predicted molar refractivity (Wildman–Crippen MR) is 70.4 cm³/mol. The Kier molecular flexibility index (Phi) is 3.35. The summed E-state index contributed by atoms with van der Waals surface area (Å²) in [6.45, 7) is 0.264. The third-order valence-electron chi connectivity index (χ3n) is 4.31. The topological polar surface area (TPSA) is 81.1 Å². The molecule has 6 heteroatoms. The van der Waals surface area contributed by atoms with Crippen molar-refractivity contribution in [3.05, 3.63) is 24.3 Å². The van der Waals surface area contributed by atoms with Crippen LogP contribution in [0.4, 0.5) is 0 Å². The van der Waals surface area contributed by atoms with Crippen LogP contribution in [-0.2, 0) is 9.59 Å². The van der Waals surface area contributed by atoms with Gasteiger partial charge in [0.05, 0.1) is 37.1 Å². The first-order valence-electron chi connectivity index (χ1n) is 6.88. The normalized spacial score (nSPS) is 34.9. The molecule has 1 aliphatic carbocycles. The number of hydrogen-bond acceptors (Lipinski definition) is 4. The molecule has 0 radical (unpaired) electrons. The Bertz CT molecular complexity index is 444. The van der Waals surface area contributed by atoms with Gasteiger partial charge in [0.25, 0.3) is 0 Å². The molecule has 1 saturated heterocycles. The van der Waals surface area contributed by atoms with Crippen molar-refractivity contribution >= 4 is 11.8 Å². The molecule has 2 N–H and O–H groups in total. The highest BCUT2D eigenvalue weighted by molar-refractivity contribution is 5.91. The molecule has 108 valence electrons. The highest BCUT2D eigenvalue weighted by Crippen LogP contribution is 2.36. The largest absolute Gasteiger partial charge is 0.395 e. The van der Waals surface area contributed by atoms with Crippen molar-refractivity contribution < 1.29 is 19.8 Å². The first-order valence-corrected chi connectivity index (χ1v) is 6.88. The van der Waals surface area contributed by atoms with Gasteiger partial charge in [0.2, 0.25) is 11.8 Å². The second-order valence-corrected chi connectivity index (χ2v) is 5.31. The van der Waals surface area contributed by atoms with Gasteiger partial charge in [0.1, 0.15) is 0 Å². The Morgan fingerprint density at radius 3 is 1.55 bits per heavy atom. The second-order valence-electron chi connectivity index (χ2n) is 5.31. The minimum atomic E-state index is -0.425. The molecule has 0 aromatic rings. The summed E-state index contributed by atoms with van der Waals surface area (Å²) < 4.78 is 0. The summed E-state index contributed by atoms with van der Waals surface area (Å²) in [5, 5.41) is 18.3. The highest BCUT2D eigenvalue weighted by atomic mass is 16.3. The van der Waals surface area contributed by atoms with Gasteiger partial charge in [-0.15, -0.1) is 0 Å². The Balaban J connectivity index is 2.02. The lowest BCUT2D eigenvalue weighted by Crippen LogP contribution is -2.63. The van der Waals surface area contributed by atoms with E-state index in [0.717, 1.165) is 0 Å². The van der Waals surface area contributed by atoms with Crippen molar-refractivity contribution in [3.8, 4) is 0 Å². The minimum Gasteiger partial charge on any atom is -0.395 e. The van der Waals surface area contributed by atoms with E-state index in [0.29, 0.717) is 0 Å². The van der Waals surface area contributed by atoms with Crippen LogP contribution >= 0.6 is 0 Å². The van der Waals surface area contributed by atoms with Gasteiger partial charge in [-0.05, 0) is 0 Å². The monoisotopic (exact) mass is 278 g/mol. The van der Waals surface area contributed by atoms with Crippen molar-refractivity contribution in [2.45, 2.75) is 12.1 Å². The van der Waals surface area contributed by atoms with Crippen LogP contribution in [0.2, 0.25) is 0 Å². The quantitative estimate of drug-likeness (QED) is 0.630. The molecule has 2 amide bonds. The van der Waals surface area contributed by atoms with Crippen LogP contribution in [0.3, 0.4) is 0 Å². The van der Waals surface area contributed by atoms with Crippen molar-refractivity contribution in [2.24, 2.45) is 11.8 Å². The number of rotatable bonds is 4. The van der Waals surface area contributed by atoms with Crippen molar-refractivity contribution in [3.63, 3.8) is 0 Å². The van der Waals surface area contributed by atoms with Crippen LogP contribution in [-0.4, -0.2) is 70.2 Å². The van der Waals surface area contributed by atoms with Crippen molar-refractivity contribution in [1.29, 1.82) is 0 Å². The fourth-order valence-electron chi connectivity index (χ4n) is 3.40. The molecular formula is C14H18N2O4. The molecule has 6 rings (SSSR count). The van der Waals surface area contributed by atoms with Crippen LogP contribution in [0.1, 0.15) is 0 Å². The van der Waals surface area contributed by atoms with Crippen LogP contribution < -0.4 is 0 Å². The average Bonchev–Trinajstić information content (AvgIpc) is 2.41. The van der Waals surface area contributed by atoms with Gasteiger partial charge in [-0.25, -0.2) is 0 Å². The van der Waals surface area contributed by atoms with Gasteiger partial charge in [0, 0.05) is 13.1 Å². The first-order chi connectivity index (χ1) is 9.69. The molecule has 5 aliphatic heterocycles. The highest BCUT2D eigenvalue weighted by Gasteiger charge is 2.48. The summed E-state index contributed by atoms with van der Waals surface area (Å²) in [6, 6.07) is -0.672. The van der Waals surface area contributed by atoms with E-state index in [4.69, 9.17) is 10.2 Å². The van der Waals surface area contributed by atoms with Gasteiger partial charge in [-0.3, -0.25) is 9.59 Å². The summed E-state index contributed by atoms with van der Waals surface area (Å²) in [7, 11) is 0. The molecule has 0 saturated carbocycles. The van der Waals surface area contributed by atoms with E-state index in [9.17, 15) is 9.59 Å². The van der Waals surface area contributed by atoms with E-state index < -0.39 is 11.8 Å². The van der Waals surface area contributed by atoms with E-state index in [2.05, 4.69) is 0 Å². The molecule has 0 aromatic heterocycles. The Hall–Kier alpha value is -1.66. The maximum atomic E-state index is 12.5. The van der Waals surface area contributed by atoms with Gasteiger partial charge in [-0.2, -0.15) is 0 Å². The molecule has 4 atom stereocenters. The Morgan fingerprint density at radius 1 is 0.800 bits per heavy atom. The van der Waals surface area contributed by atoms with Crippen molar-refractivity contribution in [1.82, 2.24) is 9.80 Å². The standard InChI is InChI=1S/C14H18N2O4/c17-7-5-15-11-3-1-9(13(15)19)12-4-2-10(11)14(20)16(12)6-8-18/h1-4,9-12,17-18H,5-8H2/t9-,10+,11-,12+. The van der Waals surface area contributed by atoms with E-state index >= 15 is 0 Å². The number of nitrogens with zero attached hydrogens (tertiary/aromatic N) is 2. The summed E-state index contributed by atoms with van der Waals surface area (Å²) in [4.78, 5) is 28.2. The van der Waals surface area contributed by atoms with Gasteiger partial charge >= 0.3 is 0 Å². The zero-order chi connectivity index (χ0) is 14.3. The van der Waals surface area contributed by atoms with Gasteiger partial charge < -0.3 is 20.0 Å². The summed E-state index contributed by atoms with van der Waals surface area (Å²) >= 11 is 0. The zero-order valence-electron chi connectivity index (χ0n) is 11.1. The number of hydrogen-bond donors (Lipinski definition) is 2. The molecule has 6 aliphatic rings. The lowest BCUT2D eigenvalue weighted by atomic mass is 9.78. The van der Waals surface area contributed by atoms with Crippen LogP contribution in [0.15, 0.2) is 24.3 Å². The fourth-order valence-corrected chi connectivity index (χ4v) is 3.40. The zero-order valence-corrected chi connectivity index (χ0v) is 11.1. The van der Waals surface area contributed by atoms with E-state index in [1.54, 1.807) is 9.80 Å². The van der Waals surface area contributed by atoms with Gasteiger partial charge in [-0.1, -0.05) is 24.3 Å². The molecule has 5 heterocycles. The lowest BCUT2D eigenvalue weighted by Gasteiger charge is -2.49.